The Morgan fingerprint density at radius 3 is 1.26 bits per heavy atom. The van der Waals surface area contributed by atoms with Crippen molar-refractivity contribution in [2.24, 2.45) is 9.98 Å². The Balaban J connectivity index is 2.82. The van der Waals surface area contributed by atoms with Gasteiger partial charge in [-0.1, -0.05) is 0 Å². The number of nitrogens with zero attached hydrogens (tertiary/aromatic N) is 2. The molecule has 0 saturated heterocycles. The van der Waals surface area contributed by atoms with Crippen LogP contribution >= 0.6 is 38.3 Å². The van der Waals surface area contributed by atoms with E-state index < -0.39 is 11.6 Å². The van der Waals surface area contributed by atoms with E-state index >= 15 is 0 Å². The molecule has 0 bridgehead atoms. The Bertz CT molecular complexity index is 996. The van der Waals surface area contributed by atoms with E-state index in [1.807, 2.05) is 0 Å². The van der Waals surface area contributed by atoms with Crippen LogP contribution in [0.4, 0.5) is 11.4 Å². The monoisotopic (exact) mass is 770 g/mol. The summed E-state index contributed by atoms with van der Waals surface area (Å²) in [5.74, 6) is 1.60. The molecular weight excluding hydrogens is 732 g/mol. The Morgan fingerprint density at radius 2 is 0.971 bits per heavy atom. The Kier molecular flexibility index (Phi) is 11.6. The van der Waals surface area contributed by atoms with Gasteiger partial charge >= 0.3 is 232 Å². The zero-order valence-corrected chi connectivity index (χ0v) is 29.0. The van der Waals surface area contributed by atoms with Crippen molar-refractivity contribution in [1.29, 1.82) is 0 Å². The zero-order valence-electron chi connectivity index (χ0n) is 21.9. The summed E-state index contributed by atoms with van der Waals surface area (Å²) in [6.07, 6.45) is 0. The number of halogens is 3. The van der Waals surface area contributed by atoms with E-state index in [-0.39, 0.29) is 0 Å². The molecule has 188 valence electrons. The number of hydrogen-bond donors (Lipinski definition) is 0. The van der Waals surface area contributed by atoms with E-state index in [4.69, 9.17) is 9.98 Å². The molecule has 2 nitrogen and oxygen atoms in total. The van der Waals surface area contributed by atoms with E-state index in [1.54, 1.807) is 0 Å². The average molecular weight is 771 g/mol. The second-order valence-electron chi connectivity index (χ2n) is 10.1. The van der Waals surface area contributed by atoms with Crippen LogP contribution in [0.25, 0.3) is 0 Å². The molecule has 0 N–H and O–H groups in total. The molecular formula is C28H39Br3N2Te. The molecule has 2 aromatic rings. The SMILES string of the molecule is CC(=Nc1c(C(C)C)cccc1C(C)C)C(C[Te](Br)(Br)Br)=Nc1c(C(C)C)cccc1C(C)C. The molecule has 0 aliphatic rings. The van der Waals surface area contributed by atoms with E-state index in [9.17, 15) is 0 Å². The third kappa shape index (κ3) is 8.27. The van der Waals surface area contributed by atoms with E-state index in [2.05, 4.69) is 137 Å². The predicted molar refractivity (Wildman–Crippen MR) is 166 cm³/mol. The van der Waals surface area contributed by atoms with Gasteiger partial charge in [0.2, 0.25) is 0 Å². The molecule has 0 aromatic heterocycles. The van der Waals surface area contributed by atoms with Crippen LogP contribution in [0.1, 0.15) is 108 Å². The molecule has 0 atom stereocenters. The van der Waals surface area contributed by atoms with Crippen LogP contribution in [-0.2, 0) is 0 Å². The molecule has 0 aliphatic carbocycles. The van der Waals surface area contributed by atoms with Crippen molar-refractivity contribution < 1.29 is 0 Å². The molecule has 0 radical (unpaired) electrons. The van der Waals surface area contributed by atoms with E-state index in [1.165, 1.54) is 22.3 Å². The molecule has 2 rings (SSSR count). The van der Waals surface area contributed by atoms with Crippen LogP contribution in [-0.4, -0.2) is 23.0 Å². The van der Waals surface area contributed by atoms with Crippen LogP contribution in [0.3, 0.4) is 0 Å². The first-order valence-electron chi connectivity index (χ1n) is 12.0. The van der Waals surface area contributed by atoms with Crippen molar-refractivity contribution in [3.05, 3.63) is 58.7 Å². The van der Waals surface area contributed by atoms with Crippen LogP contribution < -0.4 is 0 Å². The summed E-state index contributed by atoms with van der Waals surface area (Å²) in [7, 11) is 0. The summed E-state index contributed by atoms with van der Waals surface area (Å²) in [6, 6.07) is 13.2. The fourth-order valence-electron chi connectivity index (χ4n) is 4.02. The molecule has 0 amide bonds. The number of hydrogen-bond acceptors (Lipinski definition) is 2. The Hall–Kier alpha value is 0.00961. The molecule has 2 aromatic carbocycles. The first-order chi connectivity index (χ1) is 15.7. The first kappa shape index (κ1) is 30.2. The van der Waals surface area contributed by atoms with Gasteiger partial charge < -0.3 is 0 Å². The Labute approximate surface area is 229 Å². The molecule has 0 fully saturated rings. The summed E-state index contributed by atoms with van der Waals surface area (Å²) < 4.78 is 0.822. The summed E-state index contributed by atoms with van der Waals surface area (Å²) in [5.41, 5.74) is 9.40. The topological polar surface area (TPSA) is 24.7 Å². The van der Waals surface area contributed by atoms with Crippen molar-refractivity contribution in [3.63, 3.8) is 0 Å². The second kappa shape index (κ2) is 13.0. The van der Waals surface area contributed by atoms with Crippen molar-refractivity contribution in [1.82, 2.24) is 0 Å². The second-order valence-corrected chi connectivity index (χ2v) is 53.5. The molecule has 6 heteroatoms. The summed E-state index contributed by atoms with van der Waals surface area (Å²) in [6.45, 7) is 20.1. The fourth-order valence-corrected chi connectivity index (χ4v) is 10.1. The van der Waals surface area contributed by atoms with Gasteiger partial charge in [-0.05, 0) is 0 Å². The van der Waals surface area contributed by atoms with Crippen molar-refractivity contribution in [3.8, 4) is 0 Å². The standard InChI is InChI=1S/C28H39Br3N2Te/c1-17(2)22-12-10-13-23(18(3)4)27(22)32-21(9)26(16-34(29,30)31)33-28-24(19(5)6)14-11-15-25(28)20(7)8/h10-15,17-20H,16H2,1-9H3. The van der Waals surface area contributed by atoms with Crippen molar-refractivity contribution in [2.45, 2.75) is 90.5 Å². The van der Waals surface area contributed by atoms with Crippen molar-refractivity contribution in [2.75, 3.05) is 0 Å². The van der Waals surface area contributed by atoms with Gasteiger partial charge in [0, 0.05) is 0 Å². The van der Waals surface area contributed by atoms with Gasteiger partial charge in [-0.25, -0.2) is 0 Å². The third-order valence-corrected chi connectivity index (χ3v) is 12.3. The maximum absolute atomic E-state index is 5.37. The minimum atomic E-state index is -2.55. The predicted octanol–water partition coefficient (Wildman–Crippen LogP) is 11.2. The quantitative estimate of drug-likeness (QED) is 0.179. The third-order valence-electron chi connectivity index (χ3n) is 5.93. The van der Waals surface area contributed by atoms with Crippen LogP contribution in [0.2, 0.25) is 4.47 Å². The molecule has 0 spiro atoms. The summed E-state index contributed by atoms with van der Waals surface area (Å²) in [4.78, 5) is 10.7. The first-order valence-corrected chi connectivity index (χ1v) is 29.3. The number of aliphatic imine (C=N–C) groups is 2. The molecule has 0 heterocycles. The number of rotatable bonds is 9. The Morgan fingerprint density at radius 1 is 0.647 bits per heavy atom. The van der Waals surface area contributed by atoms with Crippen LogP contribution in [0.5, 0.6) is 0 Å². The number of benzene rings is 2. The van der Waals surface area contributed by atoms with Gasteiger partial charge in [-0.3, -0.25) is 0 Å². The summed E-state index contributed by atoms with van der Waals surface area (Å²) >= 11 is 9.16. The van der Waals surface area contributed by atoms with E-state index in [0.29, 0.717) is 23.7 Å². The van der Waals surface area contributed by atoms with Gasteiger partial charge in [0.05, 0.1) is 0 Å². The van der Waals surface area contributed by atoms with Gasteiger partial charge in [0.15, 0.2) is 0 Å². The van der Waals surface area contributed by atoms with Gasteiger partial charge in [-0.2, -0.15) is 0 Å². The average Bonchev–Trinajstić information content (AvgIpc) is 2.71. The summed E-state index contributed by atoms with van der Waals surface area (Å²) in [5, 5.41) is 0. The van der Waals surface area contributed by atoms with Crippen LogP contribution in [0.15, 0.2) is 46.4 Å². The van der Waals surface area contributed by atoms with Gasteiger partial charge in [-0.15, -0.1) is 0 Å². The normalized spacial score (nSPS) is 14.1. The van der Waals surface area contributed by atoms with Gasteiger partial charge in [0.1, 0.15) is 0 Å². The van der Waals surface area contributed by atoms with Gasteiger partial charge in [0.25, 0.3) is 0 Å². The zero-order chi connectivity index (χ0) is 25.8. The van der Waals surface area contributed by atoms with Crippen LogP contribution in [0, 0.1) is 0 Å². The number of para-hydroxylation sites is 2. The molecule has 34 heavy (non-hydrogen) atoms. The maximum atomic E-state index is 5.37. The molecule has 0 aliphatic heterocycles. The van der Waals surface area contributed by atoms with E-state index in [0.717, 1.165) is 27.3 Å². The van der Waals surface area contributed by atoms with Crippen molar-refractivity contribution >= 4 is 72.6 Å². The minimum absolute atomic E-state index is 0.397. The molecule has 0 unspecified atom stereocenters. The fraction of sp³-hybridized carbons (Fsp3) is 0.500. The molecule has 0 saturated carbocycles.